The molecule has 0 radical (unpaired) electrons. The third kappa shape index (κ3) is 6.17. The van der Waals surface area contributed by atoms with E-state index in [0.717, 1.165) is 12.1 Å². The van der Waals surface area contributed by atoms with Crippen LogP contribution in [-0.2, 0) is 14.3 Å². The molecule has 3 amide bonds. The average molecular weight is 611 g/mol. The summed E-state index contributed by atoms with van der Waals surface area (Å²) in [4.78, 5) is 39.9. The van der Waals surface area contributed by atoms with Gasteiger partial charge in [-0.2, -0.15) is 4.73 Å². The molecule has 0 saturated carbocycles. The number of nitrogens with zero attached hydrogens (tertiary/aromatic N) is 2. The van der Waals surface area contributed by atoms with E-state index >= 15 is 0 Å². The molecule has 0 unspecified atom stereocenters. The molecule has 2 aliphatic heterocycles. The van der Waals surface area contributed by atoms with E-state index in [9.17, 15) is 28.4 Å². The zero-order valence-electron chi connectivity index (χ0n) is 23.5. The molecule has 2 bridgehead atoms. The standard InChI is InChI=1S/C31H29ClF2N4O5/c1-17-4-3-5-25(37-12-10-19(15-27(37)39)28-23(33)9-8-22(32)29(28)34)26-14-18(11-13-38(26)42)21-7-6-20(35-31(41)43-2)16-24(21)36-30(17)40/h6-9,11,13-17,25H,3-5,10,12H2,1-2H3,(H,35,41)(H,36,40)/t17-,25+/m1/s1. The van der Waals surface area contributed by atoms with E-state index in [4.69, 9.17) is 11.6 Å². The van der Waals surface area contributed by atoms with Gasteiger partial charge in [0, 0.05) is 41.9 Å². The Morgan fingerprint density at radius 3 is 2.70 bits per heavy atom. The van der Waals surface area contributed by atoms with Crippen LogP contribution in [0.15, 0.2) is 54.7 Å². The zero-order valence-corrected chi connectivity index (χ0v) is 24.2. The number of rotatable bonds is 3. The number of methoxy groups -OCH3 is 1. The summed E-state index contributed by atoms with van der Waals surface area (Å²) in [5.74, 6) is -2.87. The largest absolute Gasteiger partial charge is 0.618 e. The summed E-state index contributed by atoms with van der Waals surface area (Å²) in [5, 5.41) is 18.5. The minimum atomic E-state index is -0.929. The molecule has 2 N–H and O–H groups in total. The van der Waals surface area contributed by atoms with Gasteiger partial charge in [0.25, 0.3) is 0 Å². The van der Waals surface area contributed by atoms with Crippen LogP contribution >= 0.6 is 11.6 Å². The molecule has 2 atom stereocenters. The highest BCUT2D eigenvalue weighted by molar-refractivity contribution is 6.31. The highest BCUT2D eigenvalue weighted by Crippen LogP contribution is 2.37. The van der Waals surface area contributed by atoms with Crippen molar-refractivity contribution in [1.29, 1.82) is 0 Å². The number of halogens is 3. The maximum Gasteiger partial charge on any atom is 0.411 e. The van der Waals surface area contributed by atoms with Crippen molar-refractivity contribution in [2.45, 2.75) is 38.6 Å². The molecule has 0 fully saturated rings. The van der Waals surface area contributed by atoms with Gasteiger partial charge in [0.15, 0.2) is 12.0 Å². The van der Waals surface area contributed by atoms with Crippen molar-refractivity contribution in [2.75, 3.05) is 24.3 Å². The first-order valence-corrected chi connectivity index (χ1v) is 14.1. The van der Waals surface area contributed by atoms with Crippen LogP contribution in [-0.4, -0.2) is 36.5 Å². The number of anilines is 2. The third-order valence-electron chi connectivity index (χ3n) is 7.82. The van der Waals surface area contributed by atoms with Crippen LogP contribution in [0.4, 0.5) is 25.0 Å². The lowest BCUT2D eigenvalue weighted by Crippen LogP contribution is -2.43. The highest BCUT2D eigenvalue weighted by atomic mass is 35.5. The van der Waals surface area contributed by atoms with E-state index in [2.05, 4.69) is 15.4 Å². The predicted octanol–water partition coefficient (Wildman–Crippen LogP) is 6.21. The lowest BCUT2D eigenvalue weighted by atomic mass is 9.92. The molecule has 5 rings (SSSR count). The van der Waals surface area contributed by atoms with Gasteiger partial charge in [-0.25, -0.2) is 13.6 Å². The number of aromatic nitrogens is 1. The van der Waals surface area contributed by atoms with Crippen molar-refractivity contribution in [3.8, 4) is 11.1 Å². The van der Waals surface area contributed by atoms with Crippen LogP contribution in [0.25, 0.3) is 16.7 Å². The Bertz CT molecular complexity index is 1650. The molecule has 43 heavy (non-hydrogen) atoms. The van der Waals surface area contributed by atoms with Crippen LogP contribution in [0.2, 0.25) is 5.02 Å². The van der Waals surface area contributed by atoms with Gasteiger partial charge in [-0.3, -0.25) is 14.9 Å². The van der Waals surface area contributed by atoms with Crippen molar-refractivity contribution < 1.29 is 32.6 Å². The Kier molecular flexibility index (Phi) is 8.63. The number of pyridine rings is 1. The average Bonchev–Trinajstić information content (AvgIpc) is 2.98. The van der Waals surface area contributed by atoms with Crippen LogP contribution < -0.4 is 15.4 Å². The van der Waals surface area contributed by atoms with E-state index in [1.54, 1.807) is 37.3 Å². The van der Waals surface area contributed by atoms with Gasteiger partial charge in [-0.05, 0) is 54.7 Å². The van der Waals surface area contributed by atoms with Gasteiger partial charge in [-0.15, -0.1) is 0 Å². The van der Waals surface area contributed by atoms with Gasteiger partial charge in [0.05, 0.1) is 23.4 Å². The van der Waals surface area contributed by atoms with Gasteiger partial charge in [0.1, 0.15) is 11.9 Å². The maximum atomic E-state index is 14.7. The number of amides is 3. The fourth-order valence-electron chi connectivity index (χ4n) is 5.51. The summed E-state index contributed by atoms with van der Waals surface area (Å²) in [7, 11) is 1.24. The van der Waals surface area contributed by atoms with Crippen molar-refractivity contribution >= 4 is 46.5 Å². The number of carbonyl (C=O) groups excluding carboxylic acids is 3. The summed E-state index contributed by atoms with van der Waals surface area (Å²) in [6.07, 6.45) is 3.37. The fourth-order valence-corrected chi connectivity index (χ4v) is 5.67. The normalized spacial score (nSPS) is 18.9. The van der Waals surface area contributed by atoms with Crippen molar-refractivity contribution in [1.82, 2.24) is 4.90 Å². The Balaban J connectivity index is 1.56. The molecular formula is C31H29ClF2N4O5. The van der Waals surface area contributed by atoms with E-state index in [-0.39, 0.29) is 35.0 Å². The number of nitrogens with one attached hydrogen (secondary N) is 2. The molecule has 2 aromatic carbocycles. The van der Waals surface area contributed by atoms with Crippen LogP contribution in [0.1, 0.15) is 49.9 Å². The minimum Gasteiger partial charge on any atom is -0.618 e. The lowest BCUT2D eigenvalue weighted by molar-refractivity contribution is -0.617. The first-order valence-electron chi connectivity index (χ1n) is 13.8. The molecule has 12 heteroatoms. The summed E-state index contributed by atoms with van der Waals surface area (Å²) in [6.45, 7) is 1.90. The highest BCUT2D eigenvalue weighted by Gasteiger charge is 2.34. The quantitative estimate of drug-likeness (QED) is 0.208. The Hall–Kier alpha value is -4.51. The summed E-state index contributed by atoms with van der Waals surface area (Å²) in [5.41, 5.74) is 2.17. The molecule has 9 nitrogen and oxygen atoms in total. The summed E-state index contributed by atoms with van der Waals surface area (Å²) < 4.78 is 34.7. The number of carbonyl (C=O) groups is 3. The SMILES string of the molecule is COC(=O)Nc1ccc2c(c1)NC(=O)[C@H](C)CCC[C@H](N1CCC(c3c(F)ccc(Cl)c3F)=CC1=O)c1cc-2cc[n+]1[O-]. The second-order valence-electron chi connectivity index (χ2n) is 10.5. The predicted molar refractivity (Wildman–Crippen MR) is 157 cm³/mol. The summed E-state index contributed by atoms with van der Waals surface area (Å²) >= 11 is 5.88. The van der Waals surface area contributed by atoms with Crippen molar-refractivity contribution in [3.05, 3.63) is 87.9 Å². The lowest BCUT2D eigenvalue weighted by Gasteiger charge is -2.33. The molecule has 0 saturated heterocycles. The topological polar surface area (TPSA) is 115 Å². The second-order valence-corrected chi connectivity index (χ2v) is 11.0. The molecule has 2 aliphatic rings. The minimum absolute atomic E-state index is 0.111. The van der Waals surface area contributed by atoms with Gasteiger partial charge in [0.2, 0.25) is 17.5 Å². The van der Waals surface area contributed by atoms with Crippen LogP contribution in [0.3, 0.4) is 0 Å². The Labute approximate surface area is 251 Å². The van der Waals surface area contributed by atoms with Crippen LogP contribution in [0, 0.1) is 22.8 Å². The number of ether oxygens (including phenoxy) is 1. The van der Waals surface area contributed by atoms with E-state index in [1.807, 2.05) is 0 Å². The fraction of sp³-hybridized carbons (Fsp3) is 0.290. The van der Waals surface area contributed by atoms with E-state index in [1.165, 1.54) is 24.3 Å². The van der Waals surface area contributed by atoms with E-state index < -0.39 is 35.6 Å². The number of hydrogen-bond donors (Lipinski definition) is 2. The molecule has 0 aliphatic carbocycles. The van der Waals surface area contributed by atoms with E-state index in [0.29, 0.717) is 52.2 Å². The smallest absolute Gasteiger partial charge is 0.411 e. The number of fused-ring (bicyclic) bond motifs is 4. The van der Waals surface area contributed by atoms with Crippen molar-refractivity contribution in [2.24, 2.45) is 5.92 Å². The molecule has 3 aromatic rings. The first kappa shape index (κ1) is 30.0. The van der Waals surface area contributed by atoms with Crippen LogP contribution in [0.5, 0.6) is 0 Å². The third-order valence-corrected chi connectivity index (χ3v) is 8.11. The number of hydrogen-bond acceptors (Lipinski definition) is 5. The Morgan fingerprint density at radius 1 is 1.16 bits per heavy atom. The van der Waals surface area contributed by atoms with Gasteiger partial charge >= 0.3 is 6.09 Å². The molecule has 1 aromatic heterocycles. The molecular weight excluding hydrogens is 582 g/mol. The van der Waals surface area contributed by atoms with Gasteiger partial charge < -0.3 is 20.2 Å². The maximum absolute atomic E-state index is 14.7. The second kappa shape index (κ2) is 12.4. The number of benzene rings is 2. The molecule has 224 valence electrons. The van der Waals surface area contributed by atoms with Crippen molar-refractivity contribution in [3.63, 3.8) is 0 Å². The van der Waals surface area contributed by atoms with Gasteiger partial charge in [-0.1, -0.05) is 31.0 Å². The first-order chi connectivity index (χ1) is 20.6. The molecule has 0 spiro atoms. The zero-order chi connectivity index (χ0) is 30.8. The Morgan fingerprint density at radius 2 is 1.95 bits per heavy atom. The summed E-state index contributed by atoms with van der Waals surface area (Å²) in [6, 6.07) is 9.72. The molecule has 3 heterocycles. The monoisotopic (exact) mass is 610 g/mol.